The molecule has 67 heavy (non-hydrogen) atoms. The number of carbonyl (C=O) groups excluding carboxylic acids is 1. The molecule has 0 spiro atoms. The molecule has 4 aromatic carbocycles. The molecule has 4 aromatic rings. The Bertz CT molecular complexity index is 2130. The highest BCUT2D eigenvalue weighted by Crippen LogP contribution is 2.43. The van der Waals surface area contributed by atoms with E-state index in [0.717, 1.165) is 88.4 Å². The first-order chi connectivity index (χ1) is 31.5. The standard InChI is InChI=1S/C35H54O4.C26H38O2/c1-9-35(10-2,29-19-17-28(26(4)24-29)18-22-32(36)34(6,7)8)30-20-21-31(27(5)25-30)39-23-15-13-12-14-16-33(37)38-11-3;1-8-26(9-2,22-13-14-23(27)19(4)17-22)21-12-10-20(18(3)16-21)11-15-24(28)25(5,6)7/h17,19-21,24-25,32,36H,9-16,18,22-23H2,1-8H3;10,12-14,16-17,24,27-28H,8-9,11,15H2,1-7H3. The maximum atomic E-state index is 11.4. The first-order valence-electron chi connectivity index (χ1n) is 25.8. The van der Waals surface area contributed by atoms with Gasteiger partial charge in [0.1, 0.15) is 11.5 Å². The van der Waals surface area contributed by atoms with Gasteiger partial charge in [0.05, 0.1) is 25.4 Å². The number of unbranched alkanes of at least 4 members (excludes halogenated alkanes) is 3. The van der Waals surface area contributed by atoms with E-state index in [1.165, 1.54) is 50.1 Å². The van der Waals surface area contributed by atoms with Gasteiger partial charge in [-0.1, -0.05) is 143 Å². The van der Waals surface area contributed by atoms with Crippen molar-refractivity contribution in [1.82, 2.24) is 0 Å². The average Bonchev–Trinajstić information content (AvgIpc) is 3.27. The number of aryl methyl sites for hydroxylation is 6. The summed E-state index contributed by atoms with van der Waals surface area (Å²) in [5, 5.41) is 30.8. The smallest absolute Gasteiger partial charge is 0.305 e. The molecule has 2 atom stereocenters. The predicted molar refractivity (Wildman–Crippen MR) is 282 cm³/mol. The zero-order chi connectivity index (χ0) is 50.2. The second-order valence-corrected chi connectivity index (χ2v) is 21.5. The summed E-state index contributed by atoms with van der Waals surface area (Å²) in [4.78, 5) is 11.4. The average molecular weight is 921 g/mol. The lowest BCUT2D eigenvalue weighted by Crippen LogP contribution is -2.27. The topological polar surface area (TPSA) is 96.2 Å². The van der Waals surface area contributed by atoms with Crippen LogP contribution in [0.4, 0.5) is 0 Å². The lowest BCUT2D eigenvalue weighted by molar-refractivity contribution is -0.143. The van der Waals surface area contributed by atoms with Crippen LogP contribution < -0.4 is 4.74 Å². The number of rotatable bonds is 23. The fourth-order valence-electron chi connectivity index (χ4n) is 9.67. The van der Waals surface area contributed by atoms with E-state index in [1.807, 2.05) is 19.9 Å². The monoisotopic (exact) mass is 921 g/mol. The van der Waals surface area contributed by atoms with Gasteiger partial charge in [-0.15, -0.1) is 0 Å². The molecular formula is C61H92O6. The molecule has 0 aliphatic carbocycles. The molecule has 0 saturated heterocycles. The van der Waals surface area contributed by atoms with Gasteiger partial charge in [0, 0.05) is 17.3 Å². The van der Waals surface area contributed by atoms with Crippen LogP contribution in [0.5, 0.6) is 11.5 Å². The minimum absolute atomic E-state index is 0.0452. The highest BCUT2D eigenvalue weighted by atomic mass is 16.5. The van der Waals surface area contributed by atoms with Gasteiger partial charge in [0.25, 0.3) is 0 Å². The number of phenols is 1. The van der Waals surface area contributed by atoms with Gasteiger partial charge in [-0.3, -0.25) is 4.79 Å². The largest absolute Gasteiger partial charge is 0.508 e. The van der Waals surface area contributed by atoms with Gasteiger partial charge >= 0.3 is 5.97 Å². The van der Waals surface area contributed by atoms with Gasteiger partial charge in [-0.25, -0.2) is 0 Å². The van der Waals surface area contributed by atoms with Crippen molar-refractivity contribution < 1.29 is 29.6 Å². The van der Waals surface area contributed by atoms with E-state index in [4.69, 9.17) is 9.47 Å². The quantitative estimate of drug-likeness (QED) is 0.0507. The van der Waals surface area contributed by atoms with Crippen molar-refractivity contribution in [2.45, 2.75) is 210 Å². The van der Waals surface area contributed by atoms with E-state index in [-0.39, 0.29) is 39.8 Å². The summed E-state index contributed by atoms with van der Waals surface area (Å²) in [6.07, 6.45) is 11.3. The van der Waals surface area contributed by atoms with Gasteiger partial charge in [0.15, 0.2) is 0 Å². The summed E-state index contributed by atoms with van der Waals surface area (Å²) in [5.41, 5.74) is 12.4. The van der Waals surface area contributed by atoms with Gasteiger partial charge in [-0.2, -0.15) is 0 Å². The highest BCUT2D eigenvalue weighted by Gasteiger charge is 2.33. The van der Waals surface area contributed by atoms with Crippen LogP contribution in [0.15, 0.2) is 72.8 Å². The maximum Gasteiger partial charge on any atom is 0.305 e. The summed E-state index contributed by atoms with van der Waals surface area (Å²) in [6.45, 7) is 33.1. The molecule has 6 heteroatoms. The van der Waals surface area contributed by atoms with Crippen LogP contribution in [0.25, 0.3) is 0 Å². The number of carbonyl (C=O) groups is 1. The number of esters is 1. The molecule has 0 aliphatic rings. The SMILES string of the molecule is CCC(CC)(c1ccc(O)c(C)c1)c1ccc(CCC(O)C(C)(C)C)c(C)c1.CCOC(=O)CCCCCCOc1ccc(C(CC)(CC)c2ccc(CCC(O)C(C)(C)C)c(C)c2)cc1C. The molecule has 0 aliphatic heterocycles. The fraction of sp³-hybridized carbons (Fsp3) is 0.590. The first-order valence-corrected chi connectivity index (χ1v) is 25.8. The van der Waals surface area contributed by atoms with E-state index >= 15 is 0 Å². The Morgan fingerprint density at radius 2 is 0.940 bits per heavy atom. The first kappa shape index (κ1) is 57.2. The van der Waals surface area contributed by atoms with Crippen molar-refractivity contribution in [1.29, 1.82) is 0 Å². The van der Waals surface area contributed by atoms with E-state index in [1.54, 1.807) is 0 Å². The summed E-state index contributed by atoms with van der Waals surface area (Å²) < 4.78 is 11.1. The van der Waals surface area contributed by atoms with E-state index < -0.39 is 0 Å². The van der Waals surface area contributed by atoms with Crippen molar-refractivity contribution in [2.24, 2.45) is 10.8 Å². The minimum Gasteiger partial charge on any atom is -0.508 e. The van der Waals surface area contributed by atoms with Crippen LogP contribution in [-0.4, -0.2) is 46.7 Å². The van der Waals surface area contributed by atoms with Crippen LogP contribution in [0, 0.1) is 38.5 Å². The zero-order valence-electron chi connectivity index (χ0n) is 44.8. The fourth-order valence-corrected chi connectivity index (χ4v) is 9.67. The Balaban J connectivity index is 0.000000375. The molecule has 0 heterocycles. The number of phenolic OH excluding ortho intramolecular Hbond substituents is 1. The maximum absolute atomic E-state index is 11.4. The molecular weight excluding hydrogens is 829 g/mol. The molecule has 0 amide bonds. The lowest BCUT2D eigenvalue weighted by Gasteiger charge is -2.34. The van der Waals surface area contributed by atoms with Crippen LogP contribution in [-0.2, 0) is 33.2 Å². The summed E-state index contributed by atoms with van der Waals surface area (Å²) in [5.74, 6) is 1.21. The molecule has 372 valence electrons. The molecule has 4 rings (SSSR count). The van der Waals surface area contributed by atoms with Crippen molar-refractivity contribution in [2.75, 3.05) is 13.2 Å². The van der Waals surface area contributed by atoms with Gasteiger partial charge in [-0.05, 0) is 177 Å². The molecule has 0 fully saturated rings. The van der Waals surface area contributed by atoms with E-state index in [0.29, 0.717) is 25.4 Å². The lowest BCUT2D eigenvalue weighted by atomic mass is 9.69. The van der Waals surface area contributed by atoms with Crippen LogP contribution in [0.3, 0.4) is 0 Å². The molecule has 0 aromatic heterocycles. The van der Waals surface area contributed by atoms with Crippen molar-refractivity contribution in [3.8, 4) is 11.5 Å². The second-order valence-electron chi connectivity index (χ2n) is 21.5. The predicted octanol–water partition coefficient (Wildman–Crippen LogP) is 15.1. The molecule has 3 N–H and O–H groups in total. The van der Waals surface area contributed by atoms with Crippen molar-refractivity contribution in [3.05, 3.63) is 128 Å². The normalized spacial score (nSPS) is 13.1. The Kier molecular flexibility index (Phi) is 22.2. The van der Waals surface area contributed by atoms with Crippen LogP contribution in [0.2, 0.25) is 0 Å². The number of hydrogen-bond acceptors (Lipinski definition) is 6. The van der Waals surface area contributed by atoms with E-state index in [9.17, 15) is 20.1 Å². The van der Waals surface area contributed by atoms with Crippen molar-refractivity contribution >= 4 is 5.97 Å². The van der Waals surface area contributed by atoms with E-state index in [2.05, 4.69) is 157 Å². The minimum atomic E-state index is -0.304. The Morgan fingerprint density at radius 3 is 1.33 bits per heavy atom. The number of ether oxygens (including phenoxy) is 2. The molecule has 0 saturated carbocycles. The van der Waals surface area contributed by atoms with Crippen LogP contribution >= 0.6 is 0 Å². The van der Waals surface area contributed by atoms with Gasteiger partial charge in [0.2, 0.25) is 0 Å². The third-order valence-electron chi connectivity index (χ3n) is 14.9. The Hall–Kier alpha value is -4.13. The third-order valence-corrected chi connectivity index (χ3v) is 14.9. The number of aromatic hydroxyl groups is 1. The number of benzene rings is 4. The Morgan fingerprint density at radius 1 is 0.537 bits per heavy atom. The number of aliphatic hydroxyl groups is 2. The number of hydrogen-bond donors (Lipinski definition) is 3. The summed E-state index contributed by atoms with van der Waals surface area (Å²) in [6, 6.07) is 26.5. The summed E-state index contributed by atoms with van der Waals surface area (Å²) >= 11 is 0. The molecule has 0 bridgehead atoms. The van der Waals surface area contributed by atoms with Gasteiger partial charge < -0.3 is 24.8 Å². The van der Waals surface area contributed by atoms with Crippen molar-refractivity contribution in [3.63, 3.8) is 0 Å². The Labute approximate surface area is 408 Å². The summed E-state index contributed by atoms with van der Waals surface area (Å²) in [7, 11) is 0. The highest BCUT2D eigenvalue weighted by molar-refractivity contribution is 5.69. The molecule has 6 nitrogen and oxygen atoms in total. The second kappa shape index (κ2) is 26.0. The zero-order valence-corrected chi connectivity index (χ0v) is 44.8. The molecule has 2 unspecified atom stereocenters. The third kappa shape index (κ3) is 15.7. The number of aliphatic hydroxyl groups excluding tert-OH is 2. The molecule has 0 radical (unpaired) electrons. The van der Waals surface area contributed by atoms with Crippen LogP contribution in [0.1, 0.15) is 202 Å².